The molecule has 1 amide bonds. The number of hydrogen-bond acceptors (Lipinski definition) is 5. The molecule has 0 aliphatic rings. The molecule has 0 unspecified atom stereocenters. The monoisotopic (exact) mass is 497 g/mol. The summed E-state index contributed by atoms with van der Waals surface area (Å²) in [6.45, 7) is 3.49. The molecule has 0 atom stereocenters. The molecule has 0 spiro atoms. The highest BCUT2D eigenvalue weighted by atomic mass is 35.5. The van der Waals surface area contributed by atoms with Crippen LogP contribution >= 0.6 is 46.1 Å². The average molecular weight is 499 g/mol. The van der Waals surface area contributed by atoms with Gasteiger partial charge in [-0.25, -0.2) is 4.79 Å². The van der Waals surface area contributed by atoms with E-state index in [0.717, 1.165) is 10.4 Å². The van der Waals surface area contributed by atoms with Crippen LogP contribution in [-0.4, -0.2) is 25.1 Å². The van der Waals surface area contributed by atoms with Crippen molar-refractivity contribution in [1.82, 2.24) is 0 Å². The number of rotatable bonds is 7. The Labute approximate surface area is 198 Å². The van der Waals surface area contributed by atoms with E-state index in [9.17, 15) is 9.59 Å². The number of benzene rings is 2. The number of ether oxygens (including phenoxy) is 2. The maximum atomic E-state index is 12.7. The highest BCUT2D eigenvalue weighted by molar-refractivity contribution is 7.17. The molecule has 0 bridgehead atoms. The van der Waals surface area contributed by atoms with Gasteiger partial charge in [0.05, 0.1) is 11.6 Å². The summed E-state index contributed by atoms with van der Waals surface area (Å²) in [6.07, 6.45) is 0. The number of thiophene rings is 1. The van der Waals surface area contributed by atoms with E-state index in [1.807, 2.05) is 19.1 Å². The quantitative estimate of drug-likeness (QED) is 0.361. The summed E-state index contributed by atoms with van der Waals surface area (Å²) in [5, 5.41) is 4.48. The normalized spacial score (nSPS) is 10.6. The first kappa shape index (κ1) is 23.4. The number of aryl methyl sites for hydroxylation is 1. The van der Waals surface area contributed by atoms with Gasteiger partial charge in [-0.05, 0) is 43.7 Å². The second-order valence-corrected chi connectivity index (χ2v) is 8.88. The summed E-state index contributed by atoms with van der Waals surface area (Å²) in [5.41, 5.74) is 1.78. The number of anilines is 1. The lowest BCUT2D eigenvalue weighted by Crippen LogP contribution is -2.21. The van der Waals surface area contributed by atoms with Crippen LogP contribution < -0.4 is 10.1 Å². The molecule has 1 aromatic heterocycles. The summed E-state index contributed by atoms with van der Waals surface area (Å²) in [4.78, 5) is 26.1. The first-order chi connectivity index (χ1) is 14.8. The minimum Gasteiger partial charge on any atom is -0.482 e. The van der Waals surface area contributed by atoms with E-state index in [1.54, 1.807) is 31.2 Å². The molecule has 0 radical (unpaired) electrons. The Morgan fingerprint density at radius 1 is 1.03 bits per heavy atom. The van der Waals surface area contributed by atoms with Gasteiger partial charge in [0.25, 0.3) is 5.91 Å². The number of esters is 1. The molecule has 3 aromatic rings. The van der Waals surface area contributed by atoms with Crippen molar-refractivity contribution in [3.8, 4) is 16.9 Å². The predicted molar refractivity (Wildman–Crippen MR) is 126 cm³/mol. The second kappa shape index (κ2) is 10.4. The summed E-state index contributed by atoms with van der Waals surface area (Å²) >= 11 is 19.3. The van der Waals surface area contributed by atoms with Gasteiger partial charge in [-0.3, -0.25) is 4.79 Å². The van der Waals surface area contributed by atoms with E-state index in [1.165, 1.54) is 17.4 Å². The van der Waals surface area contributed by atoms with Gasteiger partial charge in [0.2, 0.25) is 0 Å². The van der Waals surface area contributed by atoms with Gasteiger partial charge in [-0.2, -0.15) is 0 Å². The van der Waals surface area contributed by atoms with Crippen molar-refractivity contribution in [3.05, 3.63) is 68.0 Å². The molecule has 0 aliphatic carbocycles. The lowest BCUT2D eigenvalue weighted by molar-refractivity contribution is -0.118. The van der Waals surface area contributed by atoms with Crippen molar-refractivity contribution in [1.29, 1.82) is 0 Å². The minimum absolute atomic E-state index is 0.206. The third kappa shape index (κ3) is 5.71. The third-order valence-electron chi connectivity index (χ3n) is 4.20. The Bertz CT molecular complexity index is 1110. The zero-order valence-corrected chi connectivity index (χ0v) is 19.7. The first-order valence-electron chi connectivity index (χ1n) is 9.24. The molecule has 0 saturated carbocycles. The van der Waals surface area contributed by atoms with Crippen LogP contribution in [0, 0.1) is 6.92 Å². The average Bonchev–Trinajstić information content (AvgIpc) is 3.05. The van der Waals surface area contributed by atoms with Crippen LogP contribution in [0.15, 0.2) is 42.5 Å². The zero-order valence-electron chi connectivity index (χ0n) is 16.6. The van der Waals surface area contributed by atoms with Crippen LogP contribution in [0.1, 0.15) is 22.2 Å². The number of carbonyl (C=O) groups excluding carboxylic acids is 2. The van der Waals surface area contributed by atoms with Crippen LogP contribution in [0.4, 0.5) is 5.00 Å². The van der Waals surface area contributed by atoms with Gasteiger partial charge in [0, 0.05) is 26.6 Å². The number of carbonyl (C=O) groups is 2. The fourth-order valence-corrected chi connectivity index (χ4v) is 4.43. The number of amides is 1. The van der Waals surface area contributed by atoms with E-state index >= 15 is 0 Å². The predicted octanol–water partition coefficient (Wildman–Crippen LogP) is 6.88. The fourth-order valence-electron chi connectivity index (χ4n) is 2.89. The molecule has 1 heterocycles. The molecule has 162 valence electrons. The Morgan fingerprint density at radius 2 is 1.71 bits per heavy atom. The molecule has 1 N–H and O–H groups in total. The number of halogens is 3. The van der Waals surface area contributed by atoms with E-state index in [2.05, 4.69) is 5.32 Å². The standard InChI is InChI=1S/C22H18Cl3NO4S/c1-3-29-22(28)20-19(13-4-6-14(23)7-5-13)12(2)31-21(20)26-18(27)11-30-17-10-15(24)8-9-16(17)25/h4-10H,3,11H2,1-2H3,(H,26,27). The van der Waals surface area contributed by atoms with Crippen LogP contribution in [0.25, 0.3) is 11.1 Å². The summed E-state index contributed by atoms with van der Waals surface area (Å²) in [6, 6.07) is 11.8. The van der Waals surface area contributed by atoms with Crippen molar-refractivity contribution in [3.63, 3.8) is 0 Å². The second-order valence-electron chi connectivity index (χ2n) is 6.38. The molecule has 31 heavy (non-hydrogen) atoms. The minimum atomic E-state index is -0.522. The Kier molecular flexibility index (Phi) is 7.84. The maximum Gasteiger partial charge on any atom is 0.341 e. The van der Waals surface area contributed by atoms with Gasteiger partial charge in [-0.1, -0.05) is 46.9 Å². The van der Waals surface area contributed by atoms with Gasteiger partial charge < -0.3 is 14.8 Å². The highest BCUT2D eigenvalue weighted by Crippen LogP contribution is 2.40. The molecular weight excluding hydrogens is 481 g/mol. The van der Waals surface area contributed by atoms with E-state index < -0.39 is 11.9 Å². The van der Waals surface area contributed by atoms with Crippen LogP contribution in [0.5, 0.6) is 5.75 Å². The highest BCUT2D eigenvalue weighted by Gasteiger charge is 2.25. The van der Waals surface area contributed by atoms with Crippen molar-refractivity contribution in [2.24, 2.45) is 0 Å². The van der Waals surface area contributed by atoms with Gasteiger partial charge in [-0.15, -0.1) is 11.3 Å². The molecule has 9 heteroatoms. The van der Waals surface area contributed by atoms with Crippen LogP contribution in [0.3, 0.4) is 0 Å². The Balaban J connectivity index is 1.87. The molecule has 0 aliphatic heterocycles. The topological polar surface area (TPSA) is 64.6 Å². The molecule has 2 aromatic carbocycles. The SMILES string of the molecule is CCOC(=O)c1c(NC(=O)COc2cc(Cl)ccc2Cl)sc(C)c1-c1ccc(Cl)cc1. The van der Waals surface area contributed by atoms with Crippen molar-refractivity contribution in [2.45, 2.75) is 13.8 Å². The summed E-state index contributed by atoms with van der Waals surface area (Å²) < 4.78 is 10.7. The summed E-state index contributed by atoms with van der Waals surface area (Å²) in [7, 11) is 0. The Hall–Kier alpha value is -2.25. The van der Waals surface area contributed by atoms with Crippen molar-refractivity contribution >= 4 is 63.0 Å². The molecule has 0 saturated heterocycles. The maximum absolute atomic E-state index is 12.7. The fraction of sp³-hybridized carbons (Fsp3) is 0.182. The van der Waals surface area contributed by atoms with Crippen molar-refractivity contribution < 1.29 is 19.1 Å². The van der Waals surface area contributed by atoms with E-state index in [-0.39, 0.29) is 13.2 Å². The number of nitrogens with one attached hydrogen (secondary N) is 1. The number of hydrogen-bond donors (Lipinski definition) is 1. The Morgan fingerprint density at radius 3 is 2.39 bits per heavy atom. The smallest absolute Gasteiger partial charge is 0.341 e. The summed E-state index contributed by atoms with van der Waals surface area (Å²) in [5.74, 6) is -0.685. The van der Waals surface area contributed by atoms with E-state index in [4.69, 9.17) is 44.3 Å². The van der Waals surface area contributed by atoms with Crippen LogP contribution in [0.2, 0.25) is 15.1 Å². The van der Waals surface area contributed by atoms with Crippen LogP contribution in [-0.2, 0) is 9.53 Å². The molecule has 0 fully saturated rings. The lowest BCUT2D eigenvalue weighted by Gasteiger charge is -2.10. The van der Waals surface area contributed by atoms with Gasteiger partial charge in [0.1, 0.15) is 16.3 Å². The largest absolute Gasteiger partial charge is 0.482 e. The molecule has 3 rings (SSSR count). The molecule has 5 nitrogen and oxygen atoms in total. The van der Waals surface area contributed by atoms with Gasteiger partial charge in [0.15, 0.2) is 6.61 Å². The zero-order chi connectivity index (χ0) is 22.5. The van der Waals surface area contributed by atoms with Gasteiger partial charge >= 0.3 is 5.97 Å². The molecular formula is C22H18Cl3NO4S. The third-order valence-corrected chi connectivity index (χ3v) is 6.02. The van der Waals surface area contributed by atoms with E-state index in [0.29, 0.717) is 36.9 Å². The van der Waals surface area contributed by atoms with Crippen molar-refractivity contribution in [2.75, 3.05) is 18.5 Å². The lowest BCUT2D eigenvalue weighted by atomic mass is 10.0. The first-order valence-corrected chi connectivity index (χ1v) is 11.2.